The SMILES string of the molecule is CC(C)N(Cc1ccccc1)C(=O)c1ncccc1O. The Kier molecular flexibility index (Phi) is 4.35. The van der Waals surface area contributed by atoms with E-state index in [1.807, 2.05) is 44.2 Å². The lowest BCUT2D eigenvalue weighted by Crippen LogP contribution is -2.36. The van der Waals surface area contributed by atoms with Crippen LogP contribution in [0.15, 0.2) is 48.7 Å². The second kappa shape index (κ2) is 6.19. The highest BCUT2D eigenvalue weighted by Gasteiger charge is 2.22. The number of amides is 1. The minimum Gasteiger partial charge on any atom is -0.505 e. The van der Waals surface area contributed by atoms with E-state index in [-0.39, 0.29) is 23.4 Å². The summed E-state index contributed by atoms with van der Waals surface area (Å²) in [6, 6.07) is 12.9. The molecule has 1 aromatic heterocycles. The summed E-state index contributed by atoms with van der Waals surface area (Å²) in [7, 11) is 0. The van der Waals surface area contributed by atoms with E-state index in [1.165, 1.54) is 12.3 Å². The maximum atomic E-state index is 12.5. The van der Waals surface area contributed by atoms with Crippen LogP contribution in [-0.2, 0) is 6.54 Å². The number of nitrogens with zero attached hydrogens (tertiary/aromatic N) is 2. The second-order valence-electron chi connectivity index (χ2n) is 4.88. The number of carbonyl (C=O) groups excluding carboxylic acids is 1. The van der Waals surface area contributed by atoms with Gasteiger partial charge in [0.05, 0.1) is 0 Å². The van der Waals surface area contributed by atoms with E-state index in [2.05, 4.69) is 4.98 Å². The van der Waals surface area contributed by atoms with Crippen molar-refractivity contribution in [1.82, 2.24) is 9.88 Å². The van der Waals surface area contributed by atoms with Gasteiger partial charge in [0, 0.05) is 18.8 Å². The van der Waals surface area contributed by atoms with Crippen molar-refractivity contribution in [3.63, 3.8) is 0 Å². The van der Waals surface area contributed by atoms with Crippen LogP contribution in [-0.4, -0.2) is 26.9 Å². The largest absolute Gasteiger partial charge is 0.505 e. The third-order valence-corrected chi connectivity index (χ3v) is 3.07. The molecule has 0 radical (unpaired) electrons. The molecule has 0 spiro atoms. The molecule has 0 saturated heterocycles. The molecule has 0 unspecified atom stereocenters. The molecule has 2 rings (SSSR count). The first-order chi connectivity index (χ1) is 9.59. The Bertz CT molecular complexity index is 582. The molecule has 20 heavy (non-hydrogen) atoms. The first kappa shape index (κ1) is 14.1. The quantitative estimate of drug-likeness (QED) is 0.929. The molecule has 1 heterocycles. The monoisotopic (exact) mass is 270 g/mol. The Balaban J connectivity index is 2.25. The fraction of sp³-hybridized carbons (Fsp3) is 0.250. The molecule has 104 valence electrons. The maximum absolute atomic E-state index is 12.5. The highest BCUT2D eigenvalue weighted by molar-refractivity contribution is 5.94. The lowest BCUT2D eigenvalue weighted by Gasteiger charge is -2.26. The molecule has 0 aliphatic heterocycles. The van der Waals surface area contributed by atoms with E-state index in [1.54, 1.807) is 11.0 Å². The summed E-state index contributed by atoms with van der Waals surface area (Å²) in [4.78, 5) is 18.2. The zero-order chi connectivity index (χ0) is 14.5. The van der Waals surface area contributed by atoms with E-state index < -0.39 is 0 Å². The molecule has 0 aliphatic carbocycles. The lowest BCUT2D eigenvalue weighted by atomic mass is 10.1. The number of pyridine rings is 1. The molecule has 4 nitrogen and oxygen atoms in total. The van der Waals surface area contributed by atoms with Crippen LogP contribution in [0.1, 0.15) is 29.9 Å². The van der Waals surface area contributed by atoms with Gasteiger partial charge < -0.3 is 10.0 Å². The summed E-state index contributed by atoms with van der Waals surface area (Å²) < 4.78 is 0. The van der Waals surface area contributed by atoms with Crippen LogP contribution in [0.25, 0.3) is 0 Å². The van der Waals surface area contributed by atoms with Crippen LogP contribution >= 0.6 is 0 Å². The van der Waals surface area contributed by atoms with Gasteiger partial charge in [0.25, 0.3) is 5.91 Å². The van der Waals surface area contributed by atoms with Crippen molar-refractivity contribution >= 4 is 5.91 Å². The Hall–Kier alpha value is -2.36. The van der Waals surface area contributed by atoms with Gasteiger partial charge in [-0.05, 0) is 31.5 Å². The number of hydrogen-bond donors (Lipinski definition) is 1. The van der Waals surface area contributed by atoms with Crippen LogP contribution in [0.3, 0.4) is 0 Å². The number of aromatic nitrogens is 1. The van der Waals surface area contributed by atoms with Crippen molar-refractivity contribution in [3.05, 3.63) is 59.9 Å². The van der Waals surface area contributed by atoms with Crippen LogP contribution < -0.4 is 0 Å². The summed E-state index contributed by atoms with van der Waals surface area (Å²) >= 11 is 0. The predicted octanol–water partition coefficient (Wildman–Crippen LogP) is 2.84. The predicted molar refractivity (Wildman–Crippen MR) is 77.4 cm³/mol. The van der Waals surface area contributed by atoms with Gasteiger partial charge in [0.15, 0.2) is 5.69 Å². The van der Waals surface area contributed by atoms with Crippen molar-refractivity contribution < 1.29 is 9.90 Å². The van der Waals surface area contributed by atoms with E-state index in [9.17, 15) is 9.90 Å². The molecule has 4 heteroatoms. The summed E-state index contributed by atoms with van der Waals surface area (Å²) in [5.41, 5.74) is 1.14. The molecular formula is C16H18N2O2. The minimum absolute atomic E-state index is 0.0177. The third-order valence-electron chi connectivity index (χ3n) is 3.07. The molecule has 0 fully saturated rings. The van der Waals surface area contributed by atoms with E-state index in [0.717, 1.165) is 5.56 Å². The molecule has 1 amide bonds. The molecule has 1 aromatic carbocycles. The molecule has 0 bridgehead atoms. The van der Waals surface area contributed by atoms with Crippen molar-refractivity contribution in [3.8, 4) is 5.75 Å². The van der Waals surface area contributed by atoms with Gasteiger partial charge in [-0.1, -0.05) is 30.3 Å². The zero-order valence-electron chi connectivity index (χ0n) is 11.7. The van der Waals surface area contributed by atoms with E-state index in [0.29, 0.717) is 6.54 Å². The molecular weight excluding hydrogens is 252 g/mol. The van der Waals surface area contributed by atoms with Gasteiger partial charge in [-0.25, -0.2) is 4.98 Å². The molecule has 0 saturated carbocycles. The fourth-order valence-corrected chi connectivity index (χ4v) is 1.97. The average Bonchev–Trinajstić information content (AvgIpc) is 2.45. The van der Waals surface area contributed by atoms with Crippen molar-refractivity contribution in [2.75, 3.05) is 0 Å². The first-order valence-electron chi connectivity index (χ1n) is 6.58. The number of rotatable bonds is 4. The van der Waals surface area contributed by atoms with Crippen LogP contribution in [0.2, 0.25) is 0 Å². The number of carbonyl (C=O) groups is 1. The normalized spacial score (nSPS) is 10.6. The topological polar surface area (TPSA) is 53.4 Å². The van der Waals surface area contributed by atoms with E-state index >= 15 is 0 Å². The number of benzene rings is 1. The highest BCUT2D eigenvalue weighted by Crippen LogP contribution is 2.18. The minimum atomic E-state index is -0.262. The highest BCUT2D eigenvalue weighted by atomic mass is 16.3. The van der Waals surface area contributed by atoms with Crippen molar-refractivity contribution in [2.24, 2.45) is 0 Å². The zero-order valence-corrected chi connectivity index (χ0v) is 11.7. The lowest BCUT2D eigenvalue weighted by molar-refractivity contribution is 0.0681. The van der Waals surface area contributed by atoms with Gasteiger partial charge in [0.1, 0.15) is 5.75 Å². The first-order valence-corrected chi connectivity index (χ1v) is 6.58. The van der Waals surface area contributed by atoms with Gasteiger partial charge >= 0.3 is 0 Å². The molecule has 0 atom stereocenters. The summed E-state index contributed by atoms with van der Waals surface area (Å²) in [5.74, 6) is -0.349. The van der Waals surface area contributed by atoms with Crippen molar-refractivity contribution in [2.45, 2.75) is 26.4 Å². The maximum Gasteiger partial charge on any atom is 0.276 e. The Morgan fingerprint density at radius 2 is 1.90 bits per heavy atom. The number of aromatic hydroxyl groups is 1. The van der Waals surface area contributed by atoms with Gasteiger partial charge in [-0.15, -0.1) is 0 Å². The molecule has 2 aromatic rings. The number of hydrogen-bond acceptors (Lipinski definition) is 3. The molecule has 0 aliphatic rings. The van der Waals surface area contributed by atoms with Crippen LogP contribution in [0.5, 0.6) is 5.75 Å². The standard InChI is InChI=1S/C16H18N2O2/c1-12(2)18(11-13-7-4-3-5-8-13)16(20)15-14(19)9-6-10-17-15/h3-10,12,19H,11H2,1-2H3. The van der Waals surface area contributed by atoms with Crippen molar-refractivity contribution in [1.29, 1.82) is 0 Å². The summed E-state index contributed by atoms with van der Waals surface area (Å²) in [6.07, 6.45) is 1.51. The smallest absolute Gasteiger partial charge is 0.276 e. The Labute approximate surface area is 118 Å². The summed E-state index contributed by atoms with van der Waals surface area (Å²) in [6.45, 7) is 4.38. The van der Waals surface area contributed by atoms with Gasteiger partial charge in [-0.2, -0.15) is 0 Å². The Morgan fingerprint density at radius 3 is 2.50 bits per heavy atom. The van der Waals surface area contributed by atoms with E-state index in [4.69, 9.17) is 0 Å². The van der Waals surface area contributed by atoms with Crippen LogP contribution in [0.4, 0.5) is 0 Å². The van der Waals surface area contributed by atoms with Gasteiger partial charge in [-0.3, -0.25) is 4.79 Å². The third kappa shape index (κ3) is 3.15. The second-order valence-corrected chi connectivity index (χ2v) is 4.88. The Morgan fingerprint density at radius 1 is 1.20 bits per heavy atom. The molecule has 1 N–H and O–H groups in total. The average molecular weight is 270 g/mol. The summed E-state index contributed by atoms with van der Waals surface area (Å²) in [5, 5.41) is 9.77. The van der Waals surface area contributed by atoms with Crippen LogP contribution in [0, 0.1) is 0 Å². The fourth-order valence-electron chi connectivity index (χ4n) is 1.97. The van der Waals surface area contributed by atoms with Gasteiger partial charge in [0.2, 0.25) is 0 Å².